The highest BCUT2D eigenvalue weighted by Crippen LogP contribution is 2.23. The molecule has 1 aromatic carbocycles. The summed E-state index contributed by atoms with van der Waals surface area (Å²) in [7, 11) is -3.38. The summed E-state index contributed by atoms with van der Waals surface area (Å²) in [5.41, 5.74) is 7.69. The second-order valence-electron chi connectivity index (χ2n) is 3.56. The van der Waals surface area contributed by atoms with E-state index in [0.29, 0.717) is 10.6 Å². The van der Waals surface area contributed by atoms with Gasteiger partial charge in [-0.25, -0.2) is 8.42 Å². The van der Waals surface area contributed by atoms with Gasteiger partial charge in [0, 0.05) is 23.4 Å². The smallest absolute Gasteiger partial charge is 0.245 e. The van der Waals surface area contributed by atoms with E-state index in [1.165, 1.54) is 6.07 Å². The van der Waals surface area contributed by atoms with Crippen LogP contribution in [0.3, 0.4) is 0 Å². The fraction of sp³-hybridized carbons (Fsp3) is 0.300. The maximum Gasteiger partial charge on any atom is 0.245 e. The Balaban J connectivity index is 2.84. The molecule has 6 nitrogen and oxygen atoms in total. The number of hydrogen-bond acceptors (Lipinski definition) is 5. The van der Waals surface area contributed by atoms with Crippen LogP contribution in [0.5, 0.6) is 0 Å². The Morgan fingerprint density at radius 1 is 1.50 bits per heavy atom. The van der Waals surface area contributed by atoms with Gasteiger partial charge < -0.3 is 5.73 Å². The Labute approximate surface area is 110 Å². The number of rotatable bonds is 6. The number of hydrogen-bond donors (Lipinski definition) is 2. The summed E-state index contributed by atoms with van der Waals surface area (Å²) in [6.45, 7) is -0.256. The van der Waals surface area contributed by atoms with Crippen molar-refractivity contribution < 1.29 is 18.0 Å². The standard InChI is InChI=1S/C10H13ClN2O4S/c1-18(15,16)9-4-2-3-8(11)7(9)5-13-17-6-10(12)14/h2-4,13H,5-6H2,1H3,(H2,12,14). The normalized spacial score (nSPS) is 11.4. The molecule has 0 saturated carbocycles. The number of primary amides is 1. The van der Waals surface area contributed by atoms with Crippen LogP contribution in [0.25, 0.3) is 0 Å². The molecule has 18 heavy (non-hydrogen) atoms. The second-order valence-corrected chi connectivity index (χ2v) is 5.96. The van der Waals surface area contributed by atoms with Gasteiger partial charge in [0.2, 0.25) is 5.91 Å². The molecule has 0 aliphatic heterocycles. The molecule has 1 amide bonds. The molecule has 0 aliphatic carbocycles. The first kappa shape index (κ1) is 14.9. The zero-order valence-corrected chi connectivity index (χ0v) is 11.2. The number of nitrogens with two attached hydrogens (primary N) is 1. The molecule has 3 N–H and O–H groups in total. The third kappa shape index (κ3) is 4.26. The molecule has 0 atom stereocenters. The quantitative estimate of drug-likeness (QED) is 0.578. The molecule has 0 unspecified atom stereocenters. The summed E-state index contributed by atoms with van der Waals surface area (Å²) in [6, 6.07) is 4.57. The zero-order chi connectivity index (χ0) is 13.8. The third-order valence-electron chi connectivity index (χ3n) is 2.04. The van der Waals surface area contributed by atoms with Crippen LogP contribution in [0.1, 0.15) is 5.56 Å². The maximum absolute atomic E-state index is 11.5. The fourth-order valence-electron chi connectivity index (χ4n) is 1.30. The maximum atomic E-state index is 11.5. The summed E-state index contributed by atoms with van der Waals surface area (Å²) in [5, 5.41) is 0.299. The first-order valence-corrected chi connectivity index (χ1v) is 7.19. The number of nitrogens with one attached hydrogen (secondary N) is 1. The molecule has 0 fully saturated rings. The van der Waals surface area contributed by atoms with Crippen LogP contribution in [-0.4, -0.2) is 27.2 Å². The zero-order valence-electron chi connectivity index (χ0n) is 9.64. The summed E-state index contributed by atoms with van der Waals surface area (Å²) in [6.07, 6.45) is 1.09. The second kappa shape index (κ2) is 6.14. The van der Waals surface area contributed by atoms with Gasteiger partial charge in [-0.1, -0.05) is 17.7 Å². The van der Waals surface area contributed by atoms with Gasteiger partial charge in [-0.3, -0.25) is 9.63 Å². The van der Waals surface area contributed by atoms with Crippen molar-refractivity contribution in [3.8, 4) is 0 Å². The lowest BCUT2D eigenvalue weighted by Gasteiger charge is -2.10. The molecule has 1 rings (SSSR count). The van der Waals surface area contributed by atoms with Gasteiger partial charge in [-0.15, -0.1) is 0 Å². The highest BCUT2D eigenvalue weighted by atomic mass is 35.5. The molecule has 0 radical (unpaired) electrons. The molecule has 0 aromatic heterocycles. The van der Waals surface area contributed by atoms with Crippen molar-refractivity contribution in [1.29, 1.82) is 0 Å². The molecular weight excluding hydrogens is 280 g/mol. The van der Waals surface area contributed by atoms with Crippen molar-refractivity contribution in [3.05, 3.63) is 28.8 Å². The molecule has 8 heteroatoms. The average molecular weight is 293 g/mol. The van der Waals surface area contributed by atoms with Crippen molar-refractivity contribution >= 4 is 27.3 Å². The van der Waals surface area contributed by atoms with E-state index >= 15 is 0 Å². The first-order chi connectivity index (χ1) is 8.32. The molecule has 0 bridgehead atoms. The molecule has 0 saturated heterocycles. The van der Waals surface area contributed by atoms with Crippen molar-refractivity contribution in [2.45, 2.75) is 11.4 Å². The number of amides is 1. The summed E-state index contributed by atoms with van der Waals surface area (Å²) in [5.74, 6) is -0.634. The average Bonchev–Trinajstić information content (AvgIpc) is 2.24. The van der Waals surface area contributed by atoms with Crippen LogP contribution in [0.15, 0.2) is 23.1 Å². The summed E-state index contributed by atoms with van der Waals surface area (Å²) < 4.78 is 23.1. The monoisotopic (exact) mass is 292 g/mol. The Bertz CT molecular complexity index is 545. The first-order valence-electron chi connectivity index (χ1n) is 4.92. The van der Waals surface area contributed by atoms with Gasteiger partial charge in [-0.2, -0.15) is 5.48 Å². The van der Waals surface area contributed by atoms with Crippen LogP contribution < -0.4 is 11.2 Å². The van der Waals surface area contributed by atoms with Gasteiger partial charge in [0.05, 0.1) is 4.90 Å². The molecular formula is C10H13ClN2O4S. The van der Waals surface area contributed by atoms with E-state index in [2.05, 4.69) is 5.48 Å². The lowest BCUT2D eigenvalue weighted by molar-refractivity contribution is -0.125. The van der Waals surface area contributed by atoms with E-state index in [9.17, 15) is 13.2 Å². The summed E-state index contributed by atoms with van der Waals surface area (Å²) >= 11 is 5.93. The van der Waals surface area contributed by atoms with E-state index in [1.807, 2.05) is 0 Å². The lowest BCUT2D eigenvalue weighted by Crippen LogP contribution is -2.25. The van der Waals surface area contributed by atoms with Crippen molar-refractivity contribution in [2.24, 2.45) is 5.73 Å². The number of sulfone groups is 1. The number of benzene rings is 1. The van der Waals surface area contributed by atoms with E-state index < -0.39 is 15.7 Å². The van der Waals surface area contributed by atoms with E-state index in [4.69, 9.17) is 22.2 Å². The van der Waals surface area contributed by atoms with Crippen molar-refractivity contribution in [3.63, 3.8) is 0 Å². The predicted octanol–water partition coefficient (Wildman–Crippen LogP) is 0.250. The van der Waals surface area contributed by atoms with E-state index in [-0.39, 0.29) is 18.0 Å². The minimum absolute atomic E-state index is 0.0509. The minimum atomic E-state index is -3.38. The Morgan fingerprint density at radius 3 is 2.72 bits per heavy atom. The van der Waals surface area contributed by atoms with Crippen LogP contribution in [0.2, 0.25) is 5.02 Å². The Kier molecular flexibility index (Phi) is 5.09. The van der Waals surface area contributed by atoms with E-state index in [1.54, 1.807) is 12.1 Å². The molecule has 0 spiro atoms. The number of carbonyl (C=O) groups excluding carboxylic acids is 1. The SMILES string of the molecule is CS(=O)(=O)c1cccc(Cl)c1CNOCC(N)=O. The molecule has 0 aliphatic rings. The third-order valence-corrected chi connectivity index (χ3v) is 3.58. The highest BCUT2D eigenvalue weighted by Gasteiger charge is 2.15. The Morgan fingerprint density at radius 2 is 2.17 bits per heavy atom. The predicted molar refractivity (Wildman–Crippen MR) is 66.5 cm³/mol. The number of halogens is 1. The highest BCUT2D eigenvalue weighted by molar-refractivity contribution is 7.90. The number of carbonyl (C=O) groups is 1. The van der Waals surface area contributed by atoms with Gasteiger partial charge >= 0.3 is 0 Å². The van der Waals surface area contributed by atoms with Crippen LogP contribution in [0.4, 0.5) is 0 Å². The van der Waals surface area contributed by atoms with Crippen LogP contribution >= 0.6 is 11.6 Å². The van der Waals surface area contributed by atoms with Gasteiger partial charge in [0.15, 0.2) is 9.84 Å². The fourth-order valence-corrected chi connectivity index (χ4v) is 2.56. The van der Waals surface area contributed by atoms with E-state index in [0.717, 1.165) is 6.26 Å². The topological polar surface area (TPSA) is 98.5 Å². The molecule has 1 aromatic rings. The summed E-state index contributed by atoms with van der Waals surface area (Å²) in [4.78, 5) is 15.3. The van der Waals surface area contributed by atoms with Crippen LogP contribution in [0, 0.1) is 0 Å². The van der Waals surface area contributed by atoms with Gasteiger partial charge in [0.1, 0.15) is 6.61 Å². The van der Waals surface area contributed by atoms with Crippen molar-refractivity contribution in [1.82, 2.24) is 5.48 Å². The molecule has 100 valence electrons. The lowest BCUT2D eigenvalue weighted by atomic mass is 10.2. The van der Waals surface area contributed by atoms with Gasteiger partial charge in [-0.05, 0) is 12.1 Å². The Hall–Kier alpha value is -1.15. The minimum Gasteiger partial charge on any atom is -0.368 e. The van der Waals surface area contributed by atoms with Crippen molar-refractivity contribution in [2.75, 3.05) is 12.9 Å². The molecule has 0 heterocycles. The van der Waals surface area contributed by atoms with Crippen LogP contribution in [-0.2, 0) is 26.0 Å². The van der Waals surface area contributed by atoms with Gasteiger partial charge in [0.25, 0.3) is 0 Å². The largest absolute Gasteiger partial charge is 0.368 e. The number of hydroxylamine groups is 1.